The molecule has 4 rings (SSSR count). The number of Topliss-reactive ketones (excluding diaryl/α,β-unsaturated/α-hetero) is 1. The topological polar surface area (TPSA) is 76.2 Å². The number of ketones is 1. The monoisotopic (exact) mass is 492 g/mol. The number of carbonyl (C=O) groups is 3. The van der Waals surface area contributed by atoms with Crippen LogP contribution in [0.1, 0.15) is 22.8 Å². The maximum Gasteiger partial charge on any atom is 0.265 e. The van der Waals surface area contributed by atoms with Crippen molar-refractivity contribution in [3.05, 3.63) is 88.9 Å². The van der Waals surface area contributed by atoms with E-state index in [1.165, 1.54) is 4.90 Å². The summed E-state index contributed by atoms with van der Waals surface area (Å²) < 4.78 is 11.1. The van der Waals surface area contributed by atoms with Crippen LogP contribution in [-0.4, -0.2) is 48.8 Å². The van der Waals surface area contributed by atoms with Gasteiger partial charge in [-0.15, -0.1) is 0 Å². The molecule has 0 radical (unpaired) electrons. The summed E-state index contributed by atoms with van der Waals surface area (Å²) in [6, 6.07) is 20.4. The van der Waals surface area contributed by atoms with E-state index in [1.54, 1.807) is 61.3 Å². The second-order valence-corrected chi connectivity index (χ2v) is 8.69. The van der Waals surface area contributed by atoms with Crippen molar-refractivity contribution < 1.29 is 23.9 Å². The van der Waals surface area contributed by atoms with Gasteiger partial charge >= 0.3 is 0 Å². The zero-order valence-corrected chi connectivity index (χ0v) is 20.2. The molecule has 0 spiro atoms. The SMILES string of the molecule is CC(C(=O)N(C)Cc1ccccc1)N1C(=O)COc2ccc(C(=O)COc3ccc(Cl)cc3)cc21. The van der Waals surface area contributed by atoms with E-state index in [0.29, 0.717) is 34.3 Å². The molecule has 3 aromatic carbocycles. The van der Waals surface area contributed by atoms with Gasteiger partial charge in [0.2, 0.25) is 5.91 Å². The molecule has 8 heteroatoms. The van der Waals surface area contributed by atoms with Crippen LogP contribution in [0.2, 0.25) is 5.02 Å². The van der Waals surface area contributed by atoms with Gasteiger partial charge < -0.3 is 14.4 Å². The summed E-state index contributed by atoms with van der Waals surface area (Å²) in [7, 11) is 1.70. The minimum absolute atomic E-state index is 0.181. The van der Waals surface area contributed by atoms with Crippen LogP contribution >= 0.6 is 11.6 Å². The van der Waals surface area contributed by atoms with Crippen LogP contribution < -0.4 is 14.4 Å². The third-order valence-electron chi connectivity index (χ3n) is 5.73. The Kier molecular flexibility index (Phi) is 7.36. The van der Waals surface area contributed by atoms with Gasteiger partial charge in [0.05, 0.1) is 5.69 Å². The Morgan fingerprint density at radius 2 is 1.80 bits per heavy atom. The molecule has 1 atom stereocenters. The van der Waals surface area contributed by atoms with Crippen LogP contribution in [0.4, 0.5) is 5.69 Å². The number of ether oxygens (including phenoxy) is 2. The molecule has 0 aliphatic carbocycles. The van der Waals surface area contributed by atoms with Crippen molar-refractivity contribution in [3.63, 3.8) is 0 Å². The van der Waals surface area contributed by atoms with Crippen molar-refractivity contribution in [2.24, 2.45) is 0 Å². The Morgan fingerprint density at radius 3 is 2.51 bits per heavy atom. The predicted octanol–water partition coefficient (Wildman–Crippen LogP) is 4.37. The minimum atomic E-state index is -0.783. The Hall–Kier alpha value is -3.84. The number of rotatable bonds is 8. The molecular formula is C27H25ClN2O5. The molecule has 0 saturated heterocycles. The molecule has 0 saturated carbocycles. The smallest absolute Gasteiger partial charge is 0.265 e. The first-order valence-corrected chi connectivity index (χ1v) is 11.5. The van der Waals surface area contributed by atoms with E-state index < -0.39 is 6.04 Å². The molecule has 0 fully saturated rings. The number of hydrogen-bond donors (Lipinski definition) is 0. The lowest BCUT2D eigenvalue weighted by atomic mass is 10.1. The lowest BCUT2D eigenvalue weighted by molar-refractivity contribution is -0.134. The second kappa shape index (κ2) is 10.6. The maximum absolute atomic E-state index is 13.2. The normalized spacial score (nSPS) is 13.5. The Bertz CT molecular complexity index is 1230. The van der Waals surface area contributed by atoms with E-state index in [2.05, 4.69) is 0 Å². The molecule has 1 unspecified atom stereocenters. The maximum atomic E-state index is 13.2. The molecule has 1 aliphatic heterocycles. The van der Waals surface area contributed by atoms with E-state index in [4.69, 9.17) is 21.1 Å². The van der Waals surface area contributed by atoms with Crippen LogP contribution in [0.3, 0.4) is 0 Å². The molecule has 0 N–H and O–H groups in total. The Labute approximate surface area is 208 Å². The largest absolute Gasteiger partial charge is 0.485 e. The first kappa shape index (κ1) is 24.3. The summed E-state index contributed by atoms with van der Waals surface area (Å²) in [5.41, 5.74) is 1.71. The van der Waals surface area contributed by atoms with Crippen molar-refractivity contribution in [2.75, 3.05) is 25.2 Å². The molecule has 0 aromatic heterocycles. The summed E-state index contributed by atoms with van der Waals surface area (Å²) in [6.07, 6.45) is 0. The van der Waals surface area contributed by atoms with Gasteiger partial charge in [0.15, 0.2) is 19.0 Å². The highest BCUT2D eigenvalue weighted by Crippen LogP contribution is 2.35. The first-order valence-electron chi connectivity index (χ1n) is 11.1. The number of anilines is 1. The molecule has 180 valence electrons. The summed E-state index contributed by atoms with van der Waals surface area (Å²) in [5, 5.41) is 0.571. The third kappa shape index (κ3) is 5.63. The third-order valence-corrected chi connectivity index (χ3v) is 5.98. The van der Waals surface area contributed by atoms with Gasteiger partial charge in [-0.1, -0.05) is 41.9 Å². The second-order valence-electron chi connectivity index (χ2n) is 8.26. The first-order chi connectivity index (χ1) is 16.8. The van der Waals surface area contributed by atoms with E-state index in [-0.39, 0.29) is 30.8 Å². The fourth-order valence-corrected chi connectivity index (χ4v) is 4.02. The number of nitrogens with zero attached hydrogens (tertiary/aromatic N) is 2. The zero-order chi connectivity index (χ0) is 24.9. The molecule has 2 amide bonds. The van der Waals surface area contributed by atoms with Crippen molar-refractivity contribution in [2.45, 2.75) is 19.5 Å². The number of halogens is 1. The number of carbonyl (C=O) groups excluding carboxylic acids is 3. The summed E-state index contributed by atoms with van der Waals surface area (Å²) in [5.74, 6) is 0.0962. The average molecular weight is 493 g/mol. The number of likely N-dealkylation sites (N-methyl/N-ethyl adjacent to an activating group) is 1. The van der Waals surface area contributed by atoms with Gasteiger partial charge in [-0.2, -0.15) is 0 Å². The highest BCUT2D eigenvalue weighted by Gasteiger charge is 2.35. The van der Waals surface area contributed by atoms with E-state index in [0.717, 1.165) is 5.56 Å². The number of hydrogen-bond acceptors (Lipinski definition) is 5. The van der Waals surface area contributed by atoms with E-state index in [1.807, 2.05) is 30.3 Å². The van der Waals surface area contributed by atoms with Gasteiger partial charge in [-0.05, 0) is 55.0 Å². The molecular weight excluding hydrogens is 468 g/mol. The van der Waals surface area contributed by atoms with Crippen LogP contribution in [0.5, 0.6) is 11.5 Å². The van der Waals surface area contributed by atoms with Crippen molar-refractivity contribution in [1.82, 2.24) is 4.90 Å². The van der Waals surface area contributed by atoms with Crippen molar-refractivity contribution in [3.8, 4) is 11.5 Å². The van der Waals surface area contributed by atoms with E-state index >= 15 is 0 Å². The van der Waals surface area contributed by atoms with Crippen LogP contribution in [-0.2, 0) is 16.1 Å². The number of fused-ring (bicyclic) bond motifs is 1. The van der Waals surface area contributed by atoms with Gasteiger partial charge in [-0.3, -0.25) is 19.3 Å². The molecule has 1 heterocycles. The van der Waals surface area contributed by atoms with Crippen molar-refractivity contribution >= 4 is 34.9 Å². The van der Waals surface area contributed by atoms with Crippen LogP contribution in [0, 0.1) is 0 Å². The lowest BCUT2D eigenvalue weighted by Gasteiger charge is -2.35. The number of amides is 2. The summed E-state index contributed by atoms with van der Waals surface area (Å²) in [4.78, 5) is 41.8. The lowest BCUT2D eigenvalue weighted by Crippen LogP contribution is -2.51. The summed E-state index contributed by atoms with van der Waals surface area (Å²) >= 11 is 5.88. The average Bonchev–Trinajstić information content (AvgIpc) is 2.87. The highest BCUT2D eigenvalue weighted by molar-refractivity contribution is 6.30. The fraction of sp³-hybridized carbons (Fsp3) is 0.222. The Morgan fingerprint density at radius 1 is 1.09 bits per heavy atom. The highest BCUT2D eigenvalue weighted by atomic mass is 35.5. The molecule has 1 aliphatic rings. The van der Waals surface area contributed by atoms with Crippen molar-refractivity contribution in [1.29, 1.82) is 0 Å². The molecule has 0 bridgehead atoms. The standard InChI is InChI=1S/C27H25ClN2O5/c1-18(27(33)29(2)15-19-6-4-3-5-7-19)30-23-14-20(8-13-25(23)35-17-26(30)32)24(31)16-34-22-11-9-21(28)10-12-22/h3-14,18H,15-17H2,1-2H3. The van der Waals surface area contributed by atoms with Gasteiger partial charge in [0.25, 0.3) is 5.91 Å². The fourth-order valence-electron chi connectivity index (χ4n) is 3.90. The van der Waals surface area contributed by atoms with Gasteiger partial charge in [0, 0.05) is 24.2 Å². The van der Waals surface area contributed by atoms with Crippen LogP contribution in [0.25, 0.3) is 0 Å². The quantitative estimate of drug-likeness (QED) is 0.436. The molecule has 35 heavy (non-hydrogen) atoms. The van der Waals surface area contributed by atoms with E-state index in [9.17, 15) is 14.4 Å². The predicted molar refractivity (Wildman–Crippen MR) is 133 cm³/mol. The van der Waals surface area contributed by atoms with Gasteiger partial charge in [-0.25, -0.2) is 0 Å². The van der Waals surface area contributed by atoms with Crippen LogP contribution in [0.15, 0.2) is 72.8 Å². The Balaban J connectivity index is 1.51. The summed E-state index contributed by atoms with van der Waals surface area (Å²) in [6.45, 7) is 1.72. The zero-order valence-electron chi connectivity index (χ0n) is 19.4. The molecule has 3 aromatic rings. The van der Waals surface area contributed by atoms with Gasteiger partial charge in [0.1, 0.15) is 17.5 Å². The number of benzene rings is 3. The molecule has 7 nitrogen and oxygen atoms in total. The minimum Gasteiger partial charge on any atom is -0.485 e.